The molecule has 0 aliphatic rings. The van der Waals surface area contributed by atoms with Crippen LogP contribution in [0.5, 0.6) is 0 Å². The largest absolute Gasteiger partial charge is 0.315 e. The van der Waals surface area contributed by atoms with Gasteiger partial charge in [0.2, 0.25) is 12.5 Å². The van der Waals surface area contributed by atoms with E-state index in [1.165, 1.54) is 12.7 Å². The van der Waals surface area contributed by atoms with Gasteiger partial charge in [-0.25, -0.2) is 20.8 Å². The Kier molecular flexibility index (Phi) is 4.61. The molecule has 128 valence electrons. The lowest BCUT2D eigenvalue weighted by Crippen LogP contribution is -2.50. The van der Waals surface area contributed by atoms with Crippen LogP contribution in [0, 0.1) is 0 Å². The third-order valence-corrected chi connectivity index (χ3v) is 3.61. The Morgan fingerprint density at radius 3 is 2.72 bits per heavy atom. The number of hydrogen-bond acceptors (Lipinski definition) is 6. The zero-order valence-corrected chi connectivity index (χ0v) is 13.2. The maximum atomic E-state index is 12.1. The summed E-state index contributed by atoms with van der Waals surface area (Å²) in [7, 11) is 0. The first-order valence-electron chi connectivity index (χ1n) is 7.49. The van der Waals surface area contributed by atoms with Gasteiger partial charge in [-0.2, -0.15) is 4.57 Å². The lowest BCUT2D eigenvalue weighted by Gasteiger charge is -2.13. The molecule has 0 fully saturated rings. The molecule has 0 atom stereocenters. The van der Waals surface area contributed by atoms with E-state index in [2.05, 4.69) is 15.0 Å². The molecule has 3 aromatic heterocycles. The van der Waals surface area contributed by atoms with E-state index < -0.39 is 11.8 Å². The molecule has 2 amide bonds. The number of aromatic amines is 1. The number of carbonyl (C=O) groups excluding carboxylic acids is 2. The molecule has 0 aliphatic carbocycles. The highest BCUT2D eigenvalue weighted by molar-refractivity contribution is 5.93. The van der Waals surface area contributed by atoms with Crippen molar-refractivity contribution >= 4 is 23.0 Å². The number of hydrogen-bond donors (Lipinski definition) is 2. The van der Waals surface area contributed by atoms with Gasteiger partial charge in [0.05, 0.1) is 12.7 Å². The van der Waals surface area contributed by atoms with Gasteiger partial charge in [-0.15, -0.1) is 0 Å². The van der Waals surface area contributed by atoms with Crippen molar-refractivity contribution in [1.82, 2.24) is 24.5 Å². The number of amides is 2. The van der Waals surface area contributed by atoms with E-state index in [-0.39, 0.29) is 30.6 Å². The van der Waals surface area contributed by atoms with Crippen molar-refractivity contribution in [3.8, 4) is 0 Å². The van der Waals surface area contributed by atoms with Crippen LogP contribution in [0.2, 0.25) is 0 Å². The van der Waals surface area contributed by atoms with E-state index >= 15 is 0 Å². The van der Waals surface area contributed by atoms with Gasteiger partial charge in [0, 0.05) is 25.1 Å². The van der Waals surface area contributed by atoms with E-state index in [0.29, 0.717) is 10.7 Å². The second-order valence-electron chi connectivity index (χ2n) is 5.30. The molecular formula is C15H16N7O3+. The average molecular weight is 342 g/mol. The minimum atomic E-state index is -0.534. The van der Waals surface area contributed by atoms with Gasteiger partial charge in [0.25, 0.3) is 5.56 Å². The van der Waals surface area contributed by atoms with E-state index in [4.69, 9.17) is 5.84 Å². The SMILES string of the molecule is NN(C(=O)CCn1cnc2c(=O)[nH]cnc21)C(=O)C[n+]1ccccc1. The van der Waals surface area contributed by atoms with Crippen LogP contribution >= 0.6 is 0 Å². The third-order valence-electron chi connectivity index (χ3n) is 3.61. The molecule has 0 aliphatic heterocycles. The maximum Gasteiger partial charge on any atom is 0.309 e. The number of nitrogens with one attached hydrogen (secondary N) is 1. The highest BCUT2D eigenvalue weighted by Gasteiger charge is 2.21. The Morgan fingerprint density at radius 1 is 1.20 bits per heavy atom. The summed E-state index contributed by atoms with van der Waals surface area (Å²) in [5.41, 5.74) is 0.202. The molecule has 0 unspecified atom stereocenters. The molecule has 10 nitrogen and oxygen atoms in total. The number of carbonyl (C=O) groups is 2. The molecule has 0 aromatic carbocycles. The normalized spacial score (nSPS) is 10.8. The molecule has 3 heterocycles. The minimum absolute atomic E-state index is 0.0262. The van der Waals surface area contributed by atoms with E-state index in [9.17, 15) is 14.4 Å². The number of imide groups is 1. The van der Waals surface area contributed by atoms with Crippen LogP contribution in [0.25, 0.3) is 11.2 Å². The van der Waals surface area contributed by atoms with Crippen molar-refractivity contribution in [2.24, 2.45) is 5.84 Å². The fourth-order valence-electron chi connectivity index (χ4n) is 2.30. The summed E-state index contributed by atoms with van der Waals surface area (Å²) in [6, 6.07) is 5.37. The van der Waals surface area contributed by atoms with Crippen molar-refractivity contribution in [3.05, 3.63) is 53.6 Å². The van der Waals surface area contributed by atoms with Gasteiger partial charge in [-0.05, 0) is 0 Å². The van der Waals surface area contributed by atoms with Crippen molar-refractivity contribution in [1.29, 1.82) is 0 Å². The Bertz CT molecular complexity index is 964. The standard InChI is InChI=1S/C15H15N7O3/c16-22(12(24)8-20-5-2-1-3-6-20)11(23)4-7-21-10-19-13-14(21)17-9-18-15(13)25/h1-3,5-6,9-10H,4,7-8,16H2/p+1. The van der Waals surface area contributed by atoms with E-state index in [1.54, 1.807) is 33.7 Å². The Labute approximate surface area is 141 Å². The number of aryl methyl sites for hydroxylation is 1. The number of nitrogens with two attached hydrogens (primary N) is 1. The van der Waals surface area contributed by atoms with Crippen LogP contribution in [-0.2, 0) is 22.7 Å². The molecule has 0 bridgehead atoms. The molecule has 0 saturated carbocycles. The molecule has 3 rings (SSSR count). The van der Waals surface area contributed by atoms with Crippen molar-refractivity contribution in [2.45, 2.75) is 19.5 Å². The number of H-pyrrole nitrogens is 1. The first-order chi connectivity index (χ1) is 12.1. The summed E-state index contributed by atoms with van der Waals surface area (Å²) >= 11 is 0. The fraction of sp³-hybridized carbons (Fsp3) is 0.200. The quantitative estimate of drug-likeness (QED) is 0.257. The summed E-state index contributed by atoms with van der Waals surface area (Å²) in [6.07, 6.45) is 6.07. The lowest BCUT2D eigenvalue weighted by molar-refractivity contribution is -0.685. The van der Waals surface area contributed by atoms with Crippen LogP contribution in [0.3, 0.4) is 0 Å². The topological polar surface area (TPSA) is 131 Å². The van der Waals surface area contributed by atoms with Crippen molar-refractivity contribution in [3.63, 3.8) is 0 Å². The second kappa shape index (κ2) is 7.01. The van der Waals surface area contributed by atoms with Gasteiger partial charge in [-0.1, -0.05) is 6.07 Å². The van der Waals surface area contributed by atoms with Crippen molar-refractivity contribution < 1.29 is 14.2 Å². The van der Waals surface area contributed by atoms with Crippen LogP contribution in [0.15, 0.2) is 48.0 Å². The predicted octanol–water partition coefficient (Wildman–Crippen LogP) is -1.27. The van der Waals surface area contributed by atoms with E-state index in [1.807, 2.05) is 6.07 Å². The molecular weight excluding hydrogens is 326 g/mol. The second-order valence-corrected chi connectivity index (χ2v) is 5.30. The third kappa shape index (κ3) is 3.58. The van der Waals surface area contributed by atoms with Gasteiger partial charge in [-0.3, -0.25) is 14.4 Å². The fourth-order valence-corrected chi connectivity index (χ4v) is 2.30. The number of nitrogens with zero attached hydrogens (tertiary/aromatic N) is 5. The molecule has 10 heteroatoms. The van der Waals surface area contributed by atoms with Gasteiger partial charge < -0.3 is 9.55 Å². The molecule has 0 radical (unpaired) electrons. The monoisotopic (exact) mass is 342 g/mol. The Balaban J connectivity index is 1.62. The van der Waals surface area contributed by atoms with Crippen LogP contribution in [0.1, 0.15) is 6.42 Å². The summed E-state index contributed by atoms with van der Waals surface area (Å²) in [5, 5.41) is 0.610. The zero-order valence-electron chi connectivity index (χ0n) is 13.2. The number of aromatic nitrogens is 5. The van der Waals surface area contributed by atoms with Crippen LogP contribution in [-0.4, -0.2) is 36.3 Å². The van der Waals surface area contributed by atoms with Crippen LogP contribution < -0.4 is 16.0 Å². The summed E-state index contributed by atoms with van der Waals surface area (Å²) in [5.74, 6) is 4.55. The molecule has 3 N–H and O–H groups in total. The first kappa shape index (κ1) is 16.5. The van der Waals surface area contributed by atoms with Crippen molar-refractivity contribution in [2.75, 3.05) is 0 Å². The lowest BCUT2D eigenvalue weighted by atomic mass is 10.3. The molecule has 3 aromatic rings. The van der Waals surface area contributed by atoms with E-state index in [0.717, 1.165) is 0 Å². The van der Waals surface area contributed by atoms with Crippen LogP contribution in [0.4, 0.5) is 0 Å². The Morgan fingerprint density at radius 2 is 1.96 bits per heavy atom. The first-order valence-corrected chi connectivity index (χ1v) is 7.49. The summed E-state index contributed by atoms with van der Waals surface area (Å²) < 4.78 is 3.18. The average Bonchev–Trinajstić information content (AvgIpc) is 3.04. The number of imidazole rings is 1. The zero-order chi connectivity index (χ0) is 17.8. The summed E-state index contributed by atoms with van der Waals surface area (Å²) in [6.45, 7) is 0.166. The molecule has 25 heavy (non-hydrogen) atoms. The van der Waals surface area contributed by atoms with Gasteiger partial charge >= 0.3 is 5.91 Å². The Hall–Kier alpha value is -3.40. The predicted molar refractivity (Wildman–Crippen MR) is 85.4 cm³/mol. The minimum Gasteiger partial charge on any atom is -0.315 e. The number of hydrazine groups is 1. The molecule has 0 spiro atoms. The number of pyridine rings is 1. The maximum absolute atomic E-state index is 12.1. The number of rotatable bonds is 5. The smallest absolute Gasteiger partial charge is 0.309 e. The molecule has 0 saturated heterocycles. The van der Waals surface area contributed by atoms with Gasteiger partial charge in [0.1, 0.15) is 0 Å². The highest BCUT2D eigenvalue weighted by Crippen LogP contribution is 2.05. The summed E-state index contributed by atoms with van der Waals surface area (Å²) in [4.78, 5) is 46.2. The number of fused-ring (bicyclic) bond motifs is 1. The highest BCUT2D eigenvalue weighted by atomic mass is 16.2. The van der Waals surface area contributed by atoms with Gasteiger partial charge in [0.15, 0.2) is 23.6 Å².